The van der Waals surface area contributed by atoms with Gasteiger partial charge in [-0.25, -0.2) is 4.39 Å². The molecule has 0 aromatic heterocycles. The van der Waals surface area contributed by atoms with Crippen LogP contribution < -0.4 is 15.4 Å². The molecule has 28 heavy (non-hydrogen) atoms. The molecule has 0 aliphatic rings. The monoisotopic (exact) mass is 378 g/mol. The Morgan fingerprint density at radius 2 is 1.54 bits per heavy atom. The van der Waals surface area contributed by atoms with Gasteiger partial charge < -0.3 is 15.4 Å². The van der Waals surface area contributed by atoms with Crippen molar-refractivity contribution in [2.75, 3.05) is 12.4 Å². The number of benzene rings is 3. The van der Waals surface area contributed by atoms with E-state index in [4.69, 9.17) is 4.74 Å². The van der Waals surface area contributed by atoms with Crippen LogP contribution in [0.5, 0.6) is 5.75 Å². The third kappa shape index (κ3) is 4.94. The van der Waals surface area contributed by atoms with Gasteiger partial charge in [0.1, 0.15) is 11.6 Å². The van der Waals surface area contributed by atoms with Crippen LogP contribution in [0.3, 0.4) is 0 Å². The minimum Gasteiger partial charge on any atom is -0.497 e. The van der Waals surface area contributed by atoms with Gasteiger partial charge in [-0.1, -0.05) is 18.2 Å². The summed E-state index contributed by atoms with van der Waals surface area (Å²) in [6.45, 7) is 0.380. The maximum Gasteiger partial charge on any atom is 0.255 e. The van der Waals surface area contributed by atoms with Crippen LogP contribution in [0.15, 0.2) is 72.8 Å². The van der Waals surface area contributed by atoms with E-state index in [-0.39, 0.29) is 11.8 Å². The third-order valence-corrected chi connectivity index (χ3v) is 4.10. The van der Waals surface area contributed by atoms with Gasteiger partial charge in [0, 0.05) is 23.4 Å². The molecule has 3 rings (SSSR count). The lowest BCUT2D eigenvalue weighted by atomic mass is 10.1. The van der Waals surface area contributed by atoms with E-state index in [2.05, 4.69) is 10.6 Å². The second-order valence-corrected chi connectivity index (χ2v) is 6.07. The molecule has 0 saturated heterocycles. The highest BCUT2D eigenvalue weighted by atomic mass is 19.1. The van der Waals surface area contributed by atoms with E-state index >= 15 is 0 Å². The molecule has 2 N–H and O–H groups in total. The molecule has 3 aromatic carbocycles. The second-order valence-electron chi connectivity index (χ2n) is 6.07. The molecule has 0 fully saturated rings. The van der Waals surface area contributed by atoms with Gasteiger partial charge in [0.05, 0.1) is 7.11 Å². The normalized spacial score (nSPS) is 10.2. The molecule has 0 radical (unpaired) electrons. The predicted octanol–water partition coefficient (Wildman–Crippen LogP) is 4.02. The summed E-state index contributed by atoms with van der Waals surface area (Å²) >= 11 is 0. The molecule has 142 valence electrons. The van der Waals surface area contributed by atoms with E-state index in [1.165, 1.54) is 18.2 Å². The molecule has 6 heteroatoms. The Hall–Kier alpha value is -3.67. The number of amides is 2. The summed E-state index contributed by atoms with van der Waals surface area (Å²) in [5.41, 5.74) is 2.12. The molecule has 0 unspecified atom stereocenters. The zero-order valence-electron chi connectivity index (χ0n) is 15.2. The highest BCUT2D eigenvalue weighted by Crippen LogP contribution is 2.13. The van der Waals surface area contributed by atoms with Gasteiger partial charge in [-0.2, -0.15) is 0 Å². The van der Waals surface area contributed by atoms with E-state index in [1.807, 2.05) is 24.3 Å². The average Bonchev–Trinajstić information content (AvgIpc) is 2.72. The lowest BCUT2D eigenvalue weighted by Gasteiger charge is -2.08. The van der Waals surface area contributed by atoms with Crippen molar-refractivity contribution in [2.45, 2.75) is 6.54 Å². The van der Waals surface area contributed by atoms with Crippen LogP contribution >= 0.6 is 0 Å². The maximum atomic E-state index is 13.2. The molecule has 0 saturated carbocycles. The fourth-order valence-electron chi connectivity index (χ4n) is 2.57. The summed E-state index contributed by atoms with van der Waals surface area (Å²) in [4.78, 5) is 24.5. The number of ether oxygens (including phenoxy) is 1. The largest absolute Gasteiger partial charge is 0.497 e. The van der Waals surface area contributed by atoms with Crippen molar-refractivity contribution >= 4 is 17.5 Å². The first-order valence-electron chi connectivity index (χ1n) is 8.63. The maximum absolute atomic E-state index is 13.2. The average molecular weight is 378 g/mol. The SMILES string of the molecule is COc1ccc(CNC(=O)c2ccc(C(=O)Nc3cccc(F)c3)cc2)cc1. The number of methoxy groups -OCH3 is 1. The summed E-state index contributed by atoms with van der Waals surface area (Å²) in [6, 6.07) is 19.3. The Morgan fingerprint density at radius 3 is 2.14 bits per heavy atom. The first-order chi connectivity index (χ1) is 13.5. The predicted molar refractivity (Wildman–Crippen MR) is 105 cm³/mol. The third-order valence-electron chi connectivity index (χ3n) is 4.10. The standard InChI is InChI=1S/C22H19FN2O3/c1-28-20-11-5-15(6-12-20)14-24-21(26)16-7-9-17(10-8-16)22(27)25-19-4-2-3-18(23)13-19/h2-13H,14H2,1H3,(H,24,26)(H,25,27). The van der Waals surface area contributed by atoms with Crippen LogP contribution in [0.25, 0.3) is 0 Å². The van der Waals surface area contributed by atoms with Gasteiger partial charge in [0.2, 0.25) is 0 Å². The number of anilines is 1. The summed E-state index contributed by atoms with van der Waals surface area (Å²) in [5, 5.41) is 5.44. The molecule has 0 aliphatic heterocycles. The van der Waals surface area contributed by atoms with Gasteiger partial charge in [-0.05, 0) is 60.2 Å². The molecule has 0 heterocycles. The smallest absolute Gasteiger partial charge is 0.255 e. The van der Waals surface area contributed by atoms with Crippen molar-refractivity contribution in [1.82, 2.24) is 5.32 Å². The molecule has 5 nitrogen and oxygen atoms in total. The van der Waals surface area contributed by atoms with E-state index in [0.29, 0.717) is 23.4 Å². The van der Waals surface area contributed by atoms with Gasteiger partial charge in [0.25, 0.3) is 11.8 Å². The first kappa shape index (κ1) is 19.1. The van der Waals surface area contributed by atoms with E-state index in [1.54, 1.807) is 37.4 Å². The number of rotatable bonds is 6. The van der Waals surface area contributed by atoms with Crippen LogP contribution in [-0.4, -0.2) is 18.9 Å². The summed E-state index contributed by atoms with van der Waals surface area (Å²) < 4.78 is 18.3. The first-order valence-corrected chi connectivity index (χ1v) is 8.63. The zero-order valence-corrected chi connectivity index (χ0v) is 15.2. The van der Waals surface area contributed by atoms with Crippen molar-refractivity contribution < 1.29 is 18.7 Å². The van der Waals surface area contributed by atoms with Crippen LogP contribution in [0, 0.1) is 5.82 Å². The molecule has 0 aliphatic carbocycles. The van der Waals surface area contributed by atoms with Gasteiger partial charge in [-0.3, -0.25) is 9.59 Å². The van der Waals surface area contributed by atoms with Crippen molar-refractivity contribution in [1.29, 1.82) is 0 Å². The van der Waals surface area contributed by atoms with Crippen molar-refractivity contribution in [3.8, 4) is 5.75 Å². The minimum atomic E-state index is -0.429. The number of carbonyl (C=O) groups is 2. The lowest BCUT2D eigenvalue weighted by molar-refractivity contribution is 0.0949. The molecular weight excluding hydrogens is 359 g/mol. The van der Waals surface area contributed by atoms with E-state index < -0.39 is 5.82 Å². The topological polar surface area (TPSA) is 67.4 Å². The van der Waals surface area contributed by atoms with Gasteiger partial charge in [0.15, 0.2) is 0 Å². The summed E-state index contributed by atoms with van der Waals surface area (Å²) in [5.74, 6) is -0.299. The van der Waals surface area contributed by atoms with Crippen molar-refractivity contribution in [2.24, 2.45) is 0 Å². The second kappa shape index (κ2) is 8.81. The van der Waals surface area contributed by atoms with E-state index in [0.717, 1.165) is 11.3 Å². The van der Waals surface area contributed by atoms with Crippen LogP contribution in [0.4, 0.5) is 10.1 Å². The number of hydrogen-bond donors (Lipinski definition) is 2. The molecule has 3 aromatic rings. The Labute approximate surface area is 162 Å². The molecule has 2 amide bonds. The highest BCUT2D eigenvalue weighted by Gasteiger charge is 2.10. The summed E-state index contributed by atoms with van der Waals surface area (Å²) in [7, 11) is 1.60. The number of halogens is 1. The number of carbonyl (C=O) groups excluding carboxylic acids is 2. The van der Waals surface area contributed by atoms with Crippen LogP contribution in [0.2, 0.25) is 0 Å². The molecule has 0 spiro atoms. The quantitative estimate of drug-likeness (QED) is 0.681. The fraction of sp³-hybridized carbons (Fsp3) is 0.0909. The molecule has 0 bridgehead atoms. The van der Waals surface area contributed by atoms with Crippen LogP contribution in [0.1, 0.15) is 26.3 Å². The van der Waals surface area contributed by atoms with E-state index in [9.17, 15) is 14.0 Å². The fourth-order valence-corrected chi connectivity index (χ4v) is 2.57. The van der Waals surface area contributed by atoms with Gasteiger partial charge >= 0.3 is 0 Å². The number of hydrogen-bond acceptors (Lipinski definition) is 3. The van der Waals surface area contributed by atoms with Gasteiger partial charge in [-0.15, -0.1) is 0 Å². The Bertz CT molecular complexity index is 970. The highest BCUT2D eigenvalue weighted by molar-refractivity contribution is 6.05. The lowest BCUT2D eigenvalue weighted by Crippen LogP contribution is -2.23. The minimum absolute atomic E-state index is 0.243. The number of nitrogens with one attached hydrogen (secondary N) is 2. The zero-order chi connectivity index (χ0) is 19.9. The van der Waals surface area contributed by atoms with Crippen molar-refractivity contribution in [3.05, 3.63) is 95.3 Å². The van der Waals surface area contributed by atoms with Crippen molar-refractivity contribution in [3.63, 3.8) is 0 Å². The molecule has 0 atom stereocenters. The van der Waals surface area contributed by atoms with Crippen LogP contribution in [-0.2, 0) is 6.54 Å². The Morgan fingerprint density at radius 1 is 0.893 bits per heavy atom. The Balaban J connectivity index is 1.58. The summed E-state index contributed by atoms with van der Waals surface area (Å²) in [6.07, 6.45) is 0. The Kier molecular flexibility index (Phi) is 6.01. The molecular formula is C22H19FN2O3.